The highest BCUT2D eigenvalue weighted by Crippen LogP contribution is 2.35. The zero-order valence-corrected chi connectivity index (χ0v) is 28.8. The number of nitrogens with zero attached hydrogens (tertiary/aromatic N) is 7. The smallest absolute Gasteiger partial charge is 0.410 e. The number of hydrogen-bond acceptors (Lipinski definition) is 10. The number of aryl methyl sites for hydroxylation is 1. The molecule has 0 bridgehead atoms. The number of anilines is 3. The van der Waals surface area contributed by atoms with Crippen molar-refractivity contribution in [1.29, 1.82) is 0 Å². The van der Waals surface area contributed by atoms with Crippen molar-refractivity contribution in [3.63, 3.8) is 0 Å². The van der Waals surface area contributed by atoms with Crippen molar-refractivity contribution in [2.24, 2.45) is 0 Å². The Morgan fingerprint density at radius 2 is 1.73 bits per heavy atom. The molecule has 51 heavy (non-hydrogen) atoms. The van der Waals surface area contributed by atoms with Crippen LogP contribution in [0.4, 0.5) is 26.5 Å². The number of aromatic nitrogens is 6. The van der Waals surface area contributed by atoms with Gasteiger partial charge in [-0.1, -0.05) is 24.8 Å². The number of amides is 2. The van der Waals surface area contributed by atoms with E-state index >= 15 is 4.39 Å². The number of benzene rings is 2. The first-order valence-corrected chi connectivity index (χ1v) is 16.4. The first-order valence-electron chi connectivity index (χ1n) is 16.4. The number of carbonyl (C=O) groups excluding carboxylic acids is 2. The van der Waals surface area contributed by atoms with Crippen molar-refractivity contribution in [3.8, 4) is 34.1 Å². The standard InChI is InChI=1S/C37H38FN9O4/c1-6-32(48)43-26-10-7-24(8-11-26)33-29(25-9-12-31(30(38)19-25)50-35-39-16-13-23(2)42-35)21-40-34(45-33)44-27-20-41-47(22-27)28-14-17-46(18-15-28)36(49)51-37(3,4)5/h6-13,16,19-22,28H,1,14-15,17-18H2,2-5H3,(H,43,48)(H,40,44,45). The third kappa shape index (κ3) is 8.71. The number of carbonyl (C=O) groups is 2. The maximum absolute atomic E-state index is 15.4. The molecule has 0 unspecified atom stereocenters. The molecule has 13 nitrogen and oxygen atoms in total. The highest BCUT2D eigenvalue weighted by Gasteiger charge is 2.28. The van der Waals surface area contributed by atoms with Crippen molar-refractivity contribution in [1.82, 2.24) is 34.6 Å². The first-order chi connectivity index (χ1) is 24.4. The summed E-state index contributed by atoms with van der Waals surface area (Å²) < 4.78 is 28.4. The largest absolute Gasteiger partial charge is 0.444 e. The van der Waals surface area contributed by atoms with Crippen molar-refractivity contribution in [2.45, 2.75) is 52.2 Å². The highest BCUT2D eigenvalue weighted by atomic mass is 19.1. The summed E-state index contributed by atoms with van der Waals surface area (Å²) >= 11 is 0. The molecule has 4 heterocycles. The van der Waals surface area contributed by atoms with Gasteiger partial charge in [-0.25, -0.2) is 29.1 Å². The van der Waals surface area contributed by atoms with Crippen LogP contribution >= 0.6 is 0 Å². The fraction of sp³-hybridized carbons (Fsp3) is 0.270. The average molecular weight is 692 g/mol. The molecule has 5 aromatic rings. The van der Waals surface area contributed by atoms with Gasteiger partial charge in [0.25, 0.3) is 0 Å². The molecule has 2 amide bonds. The Bertz CT molecular complexity index is 2050. The lowest BCUT2D eigenvalue weighted by Gasteiger charge is -2.33. The quantitative estimate of drug-likeness (QED) is 0.149. The van der Waals surface area contributed by atoms with Gasteiger partial charge in [-0.05, 0) is 82.5 Å². The Morgan fingerprint density at radius 1 is 0.980 bits per heavy atom. The van der Waals surface area contributed by atoms with Gasteiger partial charge in [0.15, 0.2) is 11.6 Å². The Labute approximate surface area is 294 Å². The minimum atomic E-state index is -0.613. The molecular formula is C37H38FN9O4. The lowest BCUT2D eigenvalue weighted by molar-refractivity contribution is -0.111. The summed E-state index contributed by atoms with van der Waals surface area (Å²) in [6.07, 6.45) is 9.09. The van der Waals surface area contributed by atoms with Crippen LogP contribution in [0, 0.1) is 12.7 Å². The number of nitrogens with one attached hydrogen (secondary N) is 2. The van der Waals surface area contributed by atoms with Gasteiger partial charge in [-0.3, -0.25) is 9.48 Å². The van der Waals surface area contributed by atoms with E-state index in [-0.39, 0.29) is 29.8 Å². The van der Waals surface area contributed by atoms with Crippen LogP contribution < -0.4 is 15.4 Å². The van der Waals surface area contributed by atoms with Crippen molar-refractivity contribution in [3.05, 3.63) is 97.5 Å². The van der Waals surface area contributed by atoms with Crippen LogP contribution in [0.3, 0.4) is 0 Å². The van der Waals surface area contributed by atoms with Crippen LogP contribution in [-0.4, -0.2) is 65.3 Å². The molecule has 0 spiro atoms. The van der Waals surface area contributed by atoms with E-state index in [0.29, 0.717) is 58.5 Å². The van der Waals surface area contributed by atoms with Crippen LogP contribution in [-0.2, 0) is 9.53 Å². The Kier molecular flexibility index (Phi) is 10.0. The molecular weight excluding hydrogens is 653 g/mol. The van der Waals surface area contributed by atoms with Crippen molar-refractivity contribution >= 4 is 29.3 Å². The summed E-state index contributed by atoms with van der Waals surface area (Å²) in [6.45, 7) is 12.0. The van der Waals surface area contributed by atoms with Gasteiger partial charge in [0, 0.05) is 54.2 Å². The summed E-state index contributed by atoms with van der Waals surface area (Å²) in [6, 6.07) is 13.5. The molecule has 3 aromatic heterocycles. The molecule has 0 aliphatic carbocycles. The van der Waals surface area contributed by atoms with E-state index in [1.54, 1.807) is 66.8 Å². The normalized spacial score (nSPS) is 13.4. The number of ether oxygens (including phenoxy) is 2. The maximum atomic E-state index is 15.4. The summed E-state index contributed by atoms with van der Waals surface area (Å²) in [7, 11) is 0. The summed E-state index contributed by atoms with van der Waals surface area (Å²) in [5, 5.41) is 10.5. The van der Waals surface area contributed by atoms with Crippen LogP contribution in [0.15, 0.2) is 86.0 Å². The average Bonchev–Trinajstić information content (AvgIpc) is 3.57. The van der Waals surface area contributed by atoms with Crippen molar-refractivity contribution in [2.75, 3.05) is 23.7 Å². The Hall–Kier alpha value is -6.18. The third-order valence-electron chi connectivity index (χ3n) is 7.96. The van der Waals surface area contributed by atoms with E-state index < -0.39 is 11.4 Å². The predicted molar refractivity (Wildman–Crippen MR) is 190 cm³/mol. The van der Waals surface area contributed by atoms with Gasteiger partial charge in [0.1, 0.15) is 5.60 Å². The predicted octanol–water partition coefficient (Wildman–Crippen LogP) is 7.48. The number of likely N-dealkylation sites (tertiary alicyclic amines) is 1. The molecule has 1 saturated heterocycles. The fourth-order valence-corrected chi connectivity index (χ4v) is 5.47. The molecule has 0 radical (unpaired) electrons. The highest BCUT2D eigenvalue weighted by molar-refractivity contribution is 5.99. The summed E-state index contributed by atoms with van der Waals surface area (Å²) in [5.74, 6) is -0.674. The zero-order chi connectivity index (χ0) is 36.1. The maximum Gasteiger partial charge on any atom is 0.410 e. The van der Waals surface area contributed by atoms with Gasteiger partial charge in [0.2, 0.25) is 11.9 Å². The molecule has 262 valence electrons. The molecule has 2 N–H and O–H groups in total. The zero-order valence-electron chi connectivity index (χ0n) is 28.8. The Balaban J connectivity index is 1.23. The summed E-state index contributed by atoms with van der Waals surface area (Å²) in [4.78, 5) is 43.7. The topological polar surface area (TPSA) is 149 Å². The fourth-order valence-electron chi connectivity index (χ4n) is 5.47. The number of piperidine rings is 1. The molecule has 1 aliphatic heterocycles. The summed E-state index contributed by atoms with van der Waals surface area (Å²) in [5.41, 5.74) is 3.70. The molecule has 1 aliphatic rings. The van der Waals surface area contributed by atoms with E-state index in [1.165, 1.54) is 18.2 Å². The number of halogens is 1. The number of hydrogen-bond donors (Lipinski definition) is 2. The molecule has 1 fully saturated rings. The first kappa shape index (κ1) is 34.7. The molecule has 14 heteroatoms. The second-order valence-corrected chi connectivity index (χ2v) is 13.0. The van der Waals surface area contributed by atoms with E-state index in [9.17, 15) is 9.59 Å². The Morgan fingerprint density at radius 3 is 2.41 bits per heavy atom. The monoisotopic (exact) mass is 691 g/mol. The van der Waals surface area contributed by atoms with E-state index in [2.05, 4.69) is 37.3 Å². The van der Waals surface area contributed by atoms with Crippen LogP contribution in [0.2, 0.25) is 0 Å². The lowest BCUT2D eigenvalue weighted by Crippen LogP contribution is -2.42. The van der Waals surface area contributed by atoms with E-state index in [4.69, 9.17) is 14.5 Å². The van der Waals surface area contributed by atoms with Gasteiger partial charge < -0.3 is 25.0 Å². The molecule has 0 saturated carbocycles. The van der Waals surface area contributed by atoms with E-state index in [0.717, 1.165) is 12.8 Å². The van der Waals surface area contributed by atoms with Gasteiger partial charge >= 0.3 is 12.1 Å². The van der Waals surface area contributed by atoms with Gasteiger partial charge in [0.05, 0.1) is 23.6 Å². The lowest BCUT2D eigenvalue weighted by atomic mass is 10.0. The van der Waals surface area contributed by atoms with E-state index in [1.807, 2.05) is 31.6 Å². The van der Waals surface area contributed by atoms with Crippen LogP contribution in [0.5, 0.6) is 11.8 Å². The second kappa shape index (κ2) is 14.7. The van der Waals surface area contributed by atoms with Crippen LogP contribution in [0.1, 0.15) is 45.3 Å². The SMILES string of the molecule is C=CC(=O)Nc1ccc(-c2nc(Nc3cnn(C4CCN(C(=O)OC(C)(C)C)CC4)c3)ncc2-c2ccc(Oc3nccc(C)n3)c(F)c2)cc1. The second-order valence-electron chi connectivity index (χ2n) is 13.0. The molecule has 0 atom stereocenters. The van der Waals surface area contributed by atoms with Gasteiger partial charge in [-0.2, -0.15) is 5.10 Å². The molecule has 6 rings (SSSR count). The van der Waals surface area contributed by atoms with Crippen molar-refractivity contribution < 1.29 is 23.5 Å². The van der Waals surface area contributed by atoms with Gasteiger partial charge in [-0.15, -0.1) is 0 Å². The van der Waals surface area contributed by atoms with Crippen LogP contribution in [0.25, 0.3) is 22.4 Å². The molecule has 2 aromatic carbocycles. The third-order valence-corrected chi connectivity index (χ3v) is 7.96. The number of rotatable bonds is 9. The minimum absolute atomic E-state index is 0.0278. The minimum Gasteiger partial charge on any atom is -0.444 e.